The first kappa shape index (κ1) is 8.17. The summed E-state index contributed by atoms with van der Waals surface area (Å²) in [7, 11) is 0. The van der Waals surface area contributed by atoms with Crippen LogP contribution in [0.1, 0.15) is 0 Å². The zero-order valence-electron chi connectivity index (χ0n) is 5.07. The van der Waals surface area contributed by atoms with Crippen molar-refractivity contribution in [3.05, 3.63) is 12.1 Å². The molecule has 0 heterocycles. The minimum absolute atomic E-state index is 0.612. The first-order valence-corrected chi connectivity index (χ1v) is 3.96. The van der Waals surface area contributed by atoms with Crippen molar-refractivity contribution in [1.29, 1.82) is 0 Å². The minimum atomic E-state index is 0.612. The Hall–Kier alpha value is 0.0700. The molecule has 0 radical (unpaired) electrons. The van der Waals surface area contributed by atoms with E-state index in [1.54, 1.807) is 12.1 Å². The topological polar surface area (TPSA) is 26.0 Å². The Bertz CT molecular complexity index is 236. The summed E-state index contributed by atoms with van der Waals surface area (Å²) in [5.41, 5.74) is 6.16. The van der Waals surface area contributed by atoms with Crippen LogP contribution in [0.25, 0.3) is 0 Å². The summed E-state index contributed by atoms with van der Waals surface area (Å²) < 4.78 is 0. The van der Waals surface area contributed by atoms with Gasteiger partial charge in [-0.1, -0.05) is 0 Å². The summed E-state index contributed by atoms with van der Waals surface area (Å²) in [4.78, 5) is 2.27. The first-order valence-electron chi connectivity index (χ1n) is 2.61. The molecule has 1 rings (SSSR count). The van der Waals surface area contributed by atoms with Crippen molar-refractivity contribution < 1.29 is 0 Å². The Labute approximate surface area is 76.2 Å². The lowest BCUT2D eigenvalue weighted by Crippen LogP contribution is -1.87. The average molecular weight is 189 g/mol. The quantitative estimate of drug-likeness (QED) is 0.365. The van der Waals surface area contributed by atoms with Crippen LogP contribution in [-0.4, -0.2) is 0 Å². The monoisotopic (exact) mass is 189 g/mol. The van der Waals surface area contributed by atoms with Crippen LogP contribution in [0, 0.1) is 0 Å². The molecule has 0 bridgehead atoms. The highest BCUT2D eigenvalue weighted by Gasteiger charge is 1.99. The van der Waals surface area contributed by atoms with Crippen LogP contribution in [0.3, 0.4) is 0 Å². The Balaban J connectivity index is 3.31. The van der Waals surface area contributed by atoms with Gasteiger partial charge >= 0.3 is 0 Å². The Morgan fingerprint density at radius 1 is 1.10 bits per heavy atom. The van der Waals surface area contributed by atoms with Gasteiger partial charge in [0.25, 0.3) is 0 Å². The lowest BCUT2D eigenvalue weighted by Gasteiger charge is -2.02. The van der Waals surface area contributed by atoms with E-state index in [1.807, 2.05) is 0 Å². The van der Waals surface area contributed by atoms with E-state index in [1.165, 1.54) is 0 Å². The van der Waals surface area contributed by atoms with Crippen molar-refractivity contribution in [2.75, 3.05) is 5.73 Å². The molecule has 0 fully saturated rings. The molecule has 0 amide bonds. The predicted octanol–water partition coefficient (Wildman–Crippen LogP) is 2.13. The minimum Gasteiger partial charge on any atom is -0.398 e. The third-order valence-electron chi connectivity index (χ3n) is 1.10. The van der Waals surface area contributed by atoms with Gasteiger partial charge in [0.1, 0.15) is 0 Å². The molecular formula is C6H7NS3. The molecule has 0 atom stereocenters. The van der Waals surface area contributed by atoms with Crippen LogP contribution >= 0.6 is 37.9 Å². The smallest absolute Gasteiger partial charge is 0.0472 e. The summed E-state index contributed by atoms with van der Waals surface area (Å²) in [6.45, 7) is 0. The normalized spacial score (nSPS) is 9.90. The average Bonchev–Trinajstić information content (AvgIpc) is 1.82. The zero-order chi connectivity index (χ0) is 7.72. The molecule has 4 heteroatoms. The number of nitrogens with two attached hydrogens (primary N) is 1. The van der Waals surface area contributed by atoms with Gasteiger partial charge in [-0.3, -0.25) is 0 Å². The summed E-state index contributed by atoms with van der Waals surface area (Å²) in [5.74, 6) is 0. The lowest BCUT2D eigenvalue weighted by molar-refractivity contribution is 1.21. The Morgan fingerprint density at radius 3 is 2.20 bits per heavy atom. The van der Waals surface area contributed by atoms with Crippen LogP contribution in [-0.2, 0) is 0 Å². The second-order valence-electron chi connectivity index (χ2n) is 1.90. The van der Waals surface area contributed by atoms with E-state index in [0.29, 0.717) is 10.6 Å². The molecule has 0 spiro atoms. The molecule has 0 aliphatic rings. The fourth-order valence-corrected chi connectivity index (χ4v) is 1.39. The lowest BCUT2D eigenvalue weighted by atomic mass is 10.3. The second kappa shape index (κ2) is 2.98. The summed E-state index contributed by atoms with van der Waals surface area (Å²) >= 11 is 12.4. The molecule has 0 aliphatic carbocycles. The van der Waals surface area contributed by atoms with Gasteiger partial charge in [0.15, 0.2) is 0 Å². The molecule has 0 unspecified atom stereocenters. The molecule has 0 aliphatic heterocycles. The van der Waals surface area contributed by atoms with Gasteiger partial charge in [0.2, 0.25) is 0 Å². The fourth-order valence-electron chi connectivity index (χ4n) is 0.626. The summed E-state index contributed by atoms with van der Waals surface area (Å²) in [6, 6.07) is 3.54. The van der Waals surface area contributed by atoms with Crippen molar-refractivity contribution in [3.63, 3.8) is 0 Å². The van der Waals surface area contributed by atoms with Crippen molar-refractivity contribution in [2.45, 2.75) is 14.7 Å². The molecule has 1 aromatic rings. The third-order valence-corrected chi connectivity index (χ3v) is 2.39. The number of rotatable bonds is 0. The van der Waals surface area contributed by atoms with E-state index in [2.05, 4.69) is 37.9 Å². The first-order chi connectivity index (χ1) is 4.61. The maximum atomic E-state index is 5.55. The molecule has 2 N–H and O–H groups in total. The molecule has 1 nitrogen and oxygen atoms in total. The molecule has 1 aromatic carbocycles. The highest BCUT2D eigenvalue weighted by molar-refractivity contribution is 7.83. The van der Waals surface area contributed by atoms with E-state index in [0.717, 1.165) is 9.79 Å². The van der Waals surface area contributed by atoms with Crippen LogP contribution in [0.2, 0.25) is 0 Å². The number of anilines is 1. The van der Waals surface area contributed by atoms with Crippen molar-refractivity contribution in [3.8, 4) is 0 Å². The van der Waals surface area contributed by atoms with Gasteiger partial charge in [-0.2, -0.15) is 0 Å². The van der Waals surface area contributed by atoms with E-state index >= 15 is 0 Å². The van der Waals surface area contributed by atoms with E-state index in [-0.39, 0.29) is 0 Å². The number of nitrogen functional groups attached to an aromatic ring is 1. The van der Waals surface area contributed by atoms with Gasteiger partial charge < -0.3 is 5.73 Å². The van der Waals surface area contributed by atoms with Crippen LogP contribution in [0.5, 0.6) is 0 Å². The summed E-state index contributed by atoms with van der Waals surface area (Å²) in [5, 5.41) is 0. The predicted molar refractivity (Wildman–Crippen MR) is 52.6 cm³/mol. The fraction of sp³-hybridized carbons (Fsp3) is 0. The third kappa shape index (κ3) is 1.56. The Kier molecular flexibility index (Phi) is 2.44. The number of thiol groups is 3. The maximum absolute atomic E-state index is 5.55. The van der Waals surface area contributed by atoms with Crippen LogP contribution in [0.15, 0.2) is 26.8 Å². The van der Waals surface area contributed by atoms with Gasteiger partial charge in [-0.05, 0) is 12.1 Å². The molecule has 10 heavy (non-hydrogen) atoms. The Morgan fingerprint density at radius 2 is 1.70 bits per heavy atom. The van der Waals surface area contributed by atoms with Gasteiger partial charge in [0, 0.05) is 20.4 Å². The van der Waals surface area contributed by atoms with Crippen molar-refractivity contribution in [1.82, 2.24) is 0 Å². The molecule has 54 valence electrons. The number of benzene rings is 1. The highest BCUT2D eigenvalue weighted by Crippen LogP contribution is 2.27. The van der Waals surface area contributed by atoms with Gasteiger partial charge in [-0.25, -0.2) is 0 Å². The molecular weight excluding hydrogens is 182 g/mol. The van der Waals surface area contributed by atoms with E-state index in [9.17, 15) is 0 Å². The van der Waals surface area contributed by atoms with E-state index in [4.69, 9.17) is 5.73 Å². The standard InChI is InChI=1S/C6H7NS3/c7-4-1-3(8)2-5(9)6(4)10/h1-2,8-10H,7H2. The highest BCUT2D eigenvalue weighted by atomic mass is 32.1. The second-order valence-corrected chi connectivity index (χ2v) is 3.35. The van der Waals surface area contributed by atoms with Crippen LogP contribution in [0.4, 0.5) is 5.69 Å². The molecule has 0 saturated carbocycles. The molecule has 0 aromatic heterocycles. The zero-order valence-corrected chi connectivity index (χ0v) is 7.76. The number of hydrogen-bond donors (Lipinski definition) is 4. The van der Waals surface area contributed by atoms with Crippen molar-refractivity contribution in [2.24, 2.45) is 0 Å². The largest absolute Gasteiger partial charge is 0.398 e. The van der Waals surface area contributed by atoms with Crippen LogP contribution < -0.4 is 5.73 Å². The maximum Gasteiger partial charge on any atom is 0.0472 e. The van der Waals surface area contributed by atoms with E-state index < -0.39 is 0 Å². The molecule has 0 saturated heterocycles. The number of hydrogen-bond acceptors (Lipinski definition) is 4. The van der Waals surface area contributed by atoms with Gasteiger partial charge in [-0.15, -0.1) is 37.9 Å². The SMILES string of the molecule is Nc1cc(S)cc(S)c1S. The van der Waals surface area contributed by atoms with Gasteiger partial charge in [0.05, 0.1) is 0 Å². The van der Waals surface area contributed by atoms with Crippen molar-refractivity contribution >= 4 is 43.6 Å². The summed E-state index contributed by atoms with van der Waals surface area (Å²) in [6.07, 6.45) is 0.